The number of pyridine rings is 1. The Morgan fingerprint density at radius 1 is 1.32 bits per heavy atom. The summed E-state index contributed by atoms with van der Waals surface area (Å²) in [5, 5.41) is 23.1. The number of carbonyl (C=O) groups is 1. The van der Waals surface area contributed by atoms with Crippen molar-refractivity contribution in [1.82, 2.24) is 10.3 Å². The molecule has 0 saturated heterocycles. The molecule has 31 heavy (non-hydrogen) atoms. The number of ether oxygens (including phenoxy) is 1. The molecule has 3 N–H and O–H groups in total. The average Bonchev–Trinajstić information content (AvgIpc) is 2.76. The number of fused-ring (bicyclic) bond motifs is 1. The number of hydrogen-bond acceptors (Lipinski definition) is 5. The molecule has 1 heterocycles. The van der Waals surface area contributed by atoms with Crippen LogP contribution in [0.5, 0.6) is 11.5 Å². The fourth-order valence-corrected chi connectivity index (χ4v) is 3.20. The number of alkyl halides is 2. The molecule has 0 radical (unpaired) electrons. The van der Waals surface area contributed by atoms with Crippen LogP contribution in [0.2, 0.25) is 0 Å². The van der Waals surface area contributed by atoms with Gasteiger partial charge in [0.15, 0.2) is 5.75 Å². The minimum atomic E-state index is -2.97. The average molecular weight is 428 g/mol. The standard InChI is InChI=1S/C23H22F2N2O4/c1-3-20(30)27-12-14-11-19(31-16-8-6-15(7-9-16)23(2,24)25)22-17(5-4-10-26-22)21(14)18(29)13-28/h3-11,18,28-29H,1,12-13H2,2H3,(H,27,30). The maximum absolute atomic E-state index is 13.5. The number of aromatic nitrogens is 1. The third-order valence-electron chi connectivity index (χ3n) is 4.72. The minimum absolute atomic E-state index is 0.0411. The molecule has 3 rings (SSSR count). The van der Waals surface area contributed by atoms with E-state index in [9.17, 15) is 23.8 Å². The van der Waals surface area contributed by atoms with Crippen LogP contribution in [0.1, 0.15) is 29.7 Å². The van der Waals surface area contributed by atoms with Crippen molar-refractivity contribution in [2.24, 2.45) is 0 Å². The van der Waals surface area contributed by atoms with E-state index in [0.717, 1.165) is 13.0 Å². The number of aliphatic hydroxyl groups excluding tert-OH is 2. The van der Waals surface area contributed by atoms with Gasteiger partial charge in [-0.15, -0.1) is 0 Å². The summed E-state index contributed by atoms with van der Waals surface area (Å²) in [6.07, 6.45) is 1.46. The summed E-state index contributed by atoms with van der Waals surface area (Å²) in [5.74, 6) is -2.75. The number of halogens is 2. The van der Waals surface area contributed by atoms with Gasteiger partial charge in [0.05, 0.1) is 6.61 Å². The van der Waals surface area contributed by atoms with Gasteiger partial charge in [-0.1, -0.05) is 12.6 Å². The molecule has 1 unspecified atom stereocenters. The van der Waals surface area contributed by atoms with E-state index in [1.165, 1.54) is 24.3 Å². The molecule has 0 aliphatic heterocycles. The van der Waals surface area contributed by atoms with E-state index in [4.69, 9.17) is 4.74 Å². The van der Waals surface area contributed by atoms with Crippen molar-refractivity contribution in [3.05, 3.63) is 78.0 Å². The van der Waals surface area contributed by atoms with Crippen LogP contribution < -0.4 is 10.1 Å². The van der Waals surface area contributed by atoms with Crippen molar-refractivity contribution >= 4 is 16.8 Å². The van der Waals surface area contributed by atoms with Gasteiger partial charge >= 0.3 is 0 Å². The van der Waals surface area contributed by atoms with E-state index in [1.54, 1.807) is 24.4 Å². The summed E-state index contributed by atoms with van der Waals surface area (Å²) in [6, 6.07) is 10.4. The van der Waals surface area contributed by atoms with Crippen LogP contribution in [-0.2, 0) is 17.3 Å². The van der Waals surface area contributed by atoms with E-state index in [1.807, 2.05) is 0 Å². The summed E-state index contributed by atoms with van der Waals surface area (Å²) in [6.45, 7) is 3.73. The maximum Gasteiger partial charge on any atom is 0.270 e. The van der Waals surface area contributed by atoms with Crippen molar-refractivity contribution in [1.29, 1.82) is 0 Å². The number of nitrogens with one attached hydrogen (secondary N) is 1. The zero-order chi connectivity index (χ0) is 22.6. The molecule has 8 heteroatoms. The minimum Gasteiger partial charge on any atom is -0.455 e. The predicted molar refractivity (Wildman–Crippen MR) is 112 cm³/mol. The first-order valence-corrected chi connectivity index (χ1v) is 9.50. The Hall–Kier alpha value is -3.36. The fraction of sp³-hybridized carbons (Fsp3) is 0.217. The second-order valence-electron chi connectivity index (χ2n) is 6.98. The van der Waals surface area contributed by atoms with Crippen LogP contribution in [0.25, 0.3) is 10.9 Å². The van der Waals surface area contributed by atoms with Gasteiger partial charge in [0.1, 0.15) is 17.4 Å². The van der Waals surface area contributed by atoms with Crippen LogP contribution in [-0.4, -0.2) is 27.7 Å². The number of hydrogen-bond donors (Lipinski definition) is 3. The van der Waals surface area contributed by atoms with E-state index in [-0.39, 0.29) is 12.1 Å². The predicted octanol–water partition coefficient (Wildman–Crippen LogP) is 3.97. The van der Waals surface area contributed by atoms with E-state index < -0.39 is 24.5 Å². The first-order chi connectivity index (χ1) is 14.7. The van der Waals surface area contributed by atoms with Crippen LogP contribution in [0.15, 0.2) is 61.3 Å². The first-order valence-electron chi connectivity index (χ1n) is 9.50. The number of benzene rings is 2. The highest BCUT2D eigenvalue weighted by Gasteiger charge is 2.24. The summed E-state index contributed by atoms with van der Waals surface area (Å²) >= 11 is 0. The van der Waals surface area contributed by atoms with Crippen molar-refractivity contribution < 1.29 is 28.5 Å². The van der Waals surface area contributed by atoms with Crippen LogP contribution >= 0.6 is 0 Å². The van der Waals surface area contributed by atoms with Gasteiger partial charge in [0, 0.05) is 30.6 Å². The molecule has 162 valence electrons. The molecule has 1 atom stereocenters. The number of nitrogens with zero attached hydrogens (tertiary/aromatic N) is 1. The van der Waals surface area contributed by atoms with E-state index in [2.05, 4.69) is 16.9 Å². The molecular weight excluding hydrogens is 406 g/mol. The zero-order valence-corrected chi connectivity index (χ0v) is 16.8. The topological polar surface area (TPSA) is 91.7 Å². The highest BCUT2D eigenvalue weighted by Crippen LogP contribution is 2.37. The lowest BCUT2D eigenvalue weighted by Gasteiger charge is -2.19. The SMILES string of the molecule is C=CC(=O)NCc1cc(Oc2ccc(C(C)(F)F)cc2)c2ncccc2c1C(O)CO. The van der Waals surface area contributed by atoms with Gasteiger partial charge in [-0.05, 0) is 53.6 Å². The lowest BCUT2D eigenvalue weighted by atomic mass is 9.96. The molecule has 1 aromatic heterocycles. The Balaban J connectivity index is 2.08. The number of aliphatic hydroxyl groups is 2. The van der Waals surface area contributed by atoms with Crippen molar-refractivity contribution in [2.75, 3.05) is 6.61 Å². The summed E-state index contributed by atoms with van der Waals surface area (Å²) in [4.78, 5) is 16.0. The van der Waals surface area contributed by atoms with Crippen molar-refractivity contribution in [3.8, 4) is 11.5 Å². The maximum atomic E-state index is 13.5. The Morgan fingerprint density at radius 2 is 2.03 bits per heavy atom. The van der Waals surface area contributed by atoms with Gasteiger partial charge in [0.25, 0.3) is 5.92 Å². The molecule has 0 bridgehead atoms. The summed E-state index contributed by atoms with van der Waals surface area (Å²) in [7, 11) is 0. The molecule has 0 spiro atoms. The molecule has 3 aromatic rings. The molecule has 6 nitrogen and oxygen atoms in total. The molecule has 2 aromatic carbocycles. The van der Waals surface area contributed by atoms with Crippen LogP contribution in [0.3, 0.4) is 0 Å². The lowest BCUT2D eigenvalue weighted by Crippen LogP contribution is -2.22. The largest absolute Gasteiger partial charge is 0.455 e. The van der Waals surface area contributed by atoms with Crippen LogP contribution in [0, 0.1) is 0 Å². The Labute approximate surface area is 177 Å². The van der Waals surface area contributed by atoms with Crippen LogP contribution in [0.4, 0.5) is 8.78 Å². The number of rotatable bonds is 8. The normalized spacial score (nSPS) is 12.4. The van der Waals surface area contributed by atoms with Gasteiger partial charge in [-0.2, -0.15) is 0 Å². The van der Waals surface area contributed by atoms with Gasteiger partial charge in [-0.25, -0.2) is 8.78 Å². The quantitative estimate of drug-likeness (QED) is 0.473. The Bertz CT molecular complexity index is 1100. The van der Waals surface area contributed by atoms with E-state index in [0.29, 0.717) is 33.5 Å². The van der Waals surface area contributed by atoms with Crippen molar-refractivity contribution in [2.45, 2.75) is 25.5 Å². The van der Waals surface area contributed by atoms with Gasteiger partial charge in [0.2, 0.25) is 5.91 Å². The molecule has 0 fully saturated rings. The zero-order valence-electron chi connectivity index (χ0n) is 16.8. The second kappa shape index (κ2) is 9.20. The second-order valence-corrected chi connectivity index (χ2v) is 6.98. The number of amides is 1. The molecule has 0 saturated carbocycles. The highest BCUT2D eigenvalue weighted by molar-refractivity contribution is 5.90. The smallest absolute Gasteiger partial charge is 0.270 e. The third-order valence-corrected chi connectivity index (χ3v) is 4.72. The van der Waals surface area contributed by atoms with Gasteiger partial charge in [-0.3, -0.25) is 9.78 Å². The Kier molecular flexibility index (Phi) is 6.62. The molecule has 0 aliphatic rings. The lowest BCUT2D eigenvalue weighted by molar-refractivity contribution is -0.116. The first kappa shape index (κ1) is 22.3. The van der Waals surface area contributed by atoms with E-state index >= 15 is 0 Å². The third kappa shape index (κ3) is 5.04. The molecular formula is C23H22F2N2O4. The van der Waals surface area contributed by atoms with Gasteiger partial charge < -0.3 is 20.3 Å². The molecule has 0 aliphatic carbocycles. The summed E-state index contributed by atoms with van der Waals surface area (Å²) < 4.78 is 32.9. The fourth-order valence-electron chi connectivity index (χ4n) is 3.20. The highest BCUT2D eigenvalue weighted by atomic mass is 19.3. The van der Waals surface area contributed by atoms with Crippen molar-refractivity contribution in [3.63, 3.8) is 0 Å². The molecule has 1 amide bonds. The number of carbonyl (C=O) groups excluding carboxylic acids is 1. The summed E-state index contributed by atoms with van der Waals surface area (Å²) in [5.41, 5.74) is 1.18. The monoisotopic (exact) mass is 428 g/mol. The Morgan fingerprint density at radius 3 is 2.65 bits per heavy atom.